The summed E-state index contributed by atoms with van der Waals surface area (Å²) in [5, 5.41) is 4.42. The van der Waals surface area contributed by atoms with Crippen molar-refractivity contribution in [1.82, 2.24) is 5.32 Å². The second kappa shape index (κ2) is 8.73. The number of likely N-dealkylation sites (N-methyl/N-ethyl adjacent to an activating group) is 1. The smallest absolute Gasteiger partial charge is 0.0701 e. The molecule has 0 amide bonds. The number of hydrogen-bond acceptors (Lipinski definition) is 3. The quantitative estimate of drug-likeness (QED) is 0.747. The van der Waals surface area contributed by atoms with E-state index in [1.54, 1.807) is 13.2 Å². The Labute approximate surface area is 118 Å². The third-order valence-corrected chi connectivity index (χ3v) is 3.52. The number of nitrogens with one attached hydrogen (secondary N) is 1. The average Bonchev–Trinajstić information content (AvgIpc) is 2.38. The van der Waals surface area contributed by atoms with Crippen LogP contribution < -0.4 is 5.32 Å². The lowest BCUT2D eigenvalue weighted by molar-refractivity contribution is 0.0598. The van der Waals surface area contributed by atoms with Crippen molar-refractivity contribution in [3.05, 3.63) is 33.8 Å². The molecule has 0 aliphatic carbocycles. The minimum absolute atomic E-state index is 0.206. The molecule has 1 atom stereocenters. The molecule has 0 saturated heterocycles. The van der Waals surface area contributed by atoms with Crippen molar-refractivity contribution in [3.8, 4) is 0 Å². The fraction of sp³-hybridized carbons (Fsp3) is 0.538. The molecule has 0 aromatic heterocycles. The van der Waals surface area contributed by atoms with Gasteiger partial charge in [0.25, 0.3) is 0 Å². The molecule has 0 heterocycles. The van der Waals surface area contributed by atoms with Crippen molar-refractivity contribution in [2.45, 2.75) is 12.5 Å². The first-order chi connectivity index (χ1) is 8.69. The van der Waals surface area contributed by atoms with Crippen LogP contribution in [0.15, 0.2) is 18.2 Å². The number of hydrogen-bond donors (Lipinski definition) is 1. The van der Waals surface area contributed by atoms with Crippen LogP contribution in [0.4, 0.5) is 0 Å². The Morgan fingerprint density at radius 3 is 2.72 bits per heavy atom. The largest absolute Gasteiger partial charge is 0.382 e. The monoisotopic (exact) mass is 291 g/mol. The summed E-state index contributed by atoms with van der Waals surface area (Å²) in [7, 11) is 3.56. The standard InChI is InChI=1S/C13H19Cl2NO2/c1-16-11(9-18-7-6-17-2)8-10-4-3-5-12(14)13(10)15/h3-5,11,16H,6-9H2,1-2H3. The van der Waals surface area contributed by atoms with Crippen LogP contribution in [0.25, 0.3) is 0 Å². The molecule has 1 N–H and O–H groups in total. The summed E-state index contributed by atoms with van der Waals surface area (Å²) in [5.74, 6) is 0. The number of ether oxygens (including phenoxy) is 2. The Kier molecular flexibility index (Phi) is 7.63. The molecular weight excluding hydrogens is 273 g/mol. The highest BCUT2D eigenvalue weighted by Gasteiger charge is 2.11. The Hall–Kier alpha value is -0.320. The van der Waals surface area contributed by atoms with Crippen molar-refractivity contribution >= 4 is 23.2 Å². The number of halogens is 2. The van der Waals surface area contributed by atoms with E-state index in [-0.39, 0.29) is 6.04 Å². The van der Waals surface area contributed by atoms with Gasteiger partial charge in [-0.1, -0.05) is 35.3 Å². The molecule has 3 nitrogen and oxygen atoms in total. The molecule has 1 aromatic rings. The molecule has 0 fully saturated rings. The predicted molar refractivity (Wildman–Crippen MR) is 75.7 cm³/mol. The van der Waals surface area contributed by atoms with Gasteiger partial charge in [-0.25, -0.2) is 0 Å². The third kappa shape index (κ3) is 5.12. The SMILES string of the molecule is CNC(COCCOC)Cc1cccc(Cl)c1Cl. The molecule has 0 aliphatic rings. The van der Waals surface area contributed by atoms with Crippen LogP contribution in [0.2, 0.25) is 10.0 Å². The number of methoxy groups -OCH3 is 1. The van der Waals surface area contributed by atoms with Crippen LogP contribution in [0.5, 0.6) is 0 Å². The molecule has 0 saturated carbocycles. The summed E-state index contributed by atoms with van der Waals surface area (Å²) >= 11 is 12.1. The summed E-state index contributed by atoms with van der Waals surface area (Å²) in [6, 6.07) is 5.88. The maximum Gasteiger partial charge on any atom is 0.0701 e. The maximum absolute atomic E-state index is 6.16. The van der Waals surface area contributed by atoms with E-state index in [0.29, 0.717) is 29.9 Å². The molecule has 1 rings (SSSR count). The Bertz CT molecular complexity index is 361. The van der Waals surface area contributed by atoms with E-state index in [4.69, 9.17) is 32.7 Å². The molecule has 5 heteroatoms. The van der Waals surface area contributed by atoms with Gasteiger partial charge in [-0.2, -0.15) is 0 Å². The van der Waals surface area contributed by atoms with Gasteiger partial charge in [0, 0.05) is 13.2 Å². The van der Waals surface area contributed by atoms with Crippen LogP contribution >= 0.6 is 23.2 Å². The highest BCUT2D eigenvalue weighted by molar-refractivity contribution is 6.42. The van der Waals surface area contributed by atoms with E-state index in [0.717, 1.165) is 12.0 Å². The van der Waals surface area contributed by atoms with Gasteiger partial charge in [0.1, 0.15) is 0 Å². The van der Waals surface area contributed by atoms with Gasteiger partial charge < -0.3 is 14.8 Å². The van der Waals surface area contributed by atoms with Crippen LogP contribution in [-0.4, -0.2) is 40.0 Å². The Morgan fingerprint density at radius 2 is 2.06 bits per heavy atom. The molecular formula is C13H19Cl2NO2. The molecule has 0 bridgehead atoms. The zero-order valence-corrected chi connectivity index (χ0v) is 12.2. The zero-order valence-electron chi connectivity index (χ0n) is 10.7. The van der Waals surface area contributed by atoms with E-state index in [2.05, 4.69) is 5.32 Å². The van der Waals surface area contributed by atoms with Crippen molar-refractivity contribution in [3.63, 3.8) is 0 Å². The molecule has 1 unspecified atom stereocenters. The van der Waals surface area contributed by atoms with Gasteiger partial charge in [0.2, 0.25) is 0 Å². The fourth-order valence-electron chi connectivity index (χ4n) is 1.58. The lowest BCUT2D eigenvalue weighted by Crippen LogP contribution is -2.33. The summed E-state index contributed by atoms with van der Waals surface area (Å²) in [6.45, 7) is 1.81. The highest BCUT2D eigenvalue weighted by Crippen LogP contribution is 2.26. The van der Waals surface area contributed by atoms with Gasteiger partial charge >= 0.3 is 0 Å². The van der Waals surface area contributed by atoms with Gasteiger partial charge in [0.15, 0.2) is 0 Å². The van der Waals surface area contributed by atoms with Crippen molar-refractivity contribution in [2.24, 2.45) is 0 Å². The lowest BCUT2D eigenvalue weighted by atomic mass is 10.1. The van der Waals surface area contributed by atoms with Crippen molar-refractivity contribution < 1.29 is 9.47 Å². The van der Waals surface area contributed by atoms with E-state index in [9.17, 15) is 0 Å². The molecule has 0 aliphatic heterocycles. The van der Waals surface area contributed by atoms with E-state index in [1.165, 1.54) is 0 Å². The second-order valence-corrected chi connectivity index (χ2v) is 4.76. The van der Waals surface area contributed by atoms with E-state index in [1.807, 2.05) is 19.2 Å². The van der Waals surface area contributed by atoms with Crippen LogP contribution in [0.3, 0.4) is 0 Å². The normalized spacial score (nSPS) is 12.7. The van der Waals surface area contributed by atoms with Gasteiger partial charge in [0.05, 0.1) is 29.9 Å². The van der Waals surface area contributed by atoms with Gasteiger partial charge in [-0.15, -0.1) is 0 Å². The third-order valence-electron chi connectivity index (χ3n) is 2.66. The molecule has 0 spiro atoms. The minimum atomic E-state index is 0.206. The van der Waals surface area contributed by atoms with Gasteiger partial charge in [-0.05, 0) is 25.1 Å². The zero-order chi connectivity index (χ0) is 13.4. The molecule has 1 aromatic carbocycles. The van der Waals surface area contributed by atoms with Crippen LogP contribution in [-0.2, 0) is 15.9 Å². The summed E-state index contributed by atoms with van der Waals surface area (Å²) in [6.07, 6.45) is 0.781. The Balaban J connectivity index is 2.49. The van der Waals surface area contributed by atoms with Crippen LogP contribution in [0, 0.1) is 0 Å². The maximum atomic E-state index is 6.16. The summed E-state index contributed by atoms with van der Waals surface area (Å²) in [4.78, 5) is 0. The topological polar surface area (TPSA) is 30.5 Å². The van der Waals surface area contributed by atoms with Crippen molar-refractivity contribution in [2.75, 3.05) is 34.0 Å². The summed E-state index contributed by atoms with van der Waals surface area (Å²) in [5.41, 5.74) is 1.03. The fourth-order valence-corrected chi connectivity index (χ4v) is 1.98. The first kappa shape index (κ1) is 15.7. The molecule has 18 heavy (non-hydrogen) atoms. The second-order valence-electron chi connectivity index (χ2n) is 3.97. The minimum Gasteiger partial charge on any atom is -0.382 e. The molecule has 0 radical (unpaired) electrons. The predicted octanol–water partition coefficient (Wildman–Crippen LogP) is 2.79. The average molecular weight is 292 g/mol. The highest BCUT2D eigenvalue weighted by atomic mass is 35.5. The van der Waals surface area contributed by atoms with Crippen LogP contribution in [0.1, 0.15) is 5.56 Å². The van der Waals surface area contributed by atoms with Gasteiger partial charge in [-0.3, -0.25) is 0 Å². The summed E-state index contributed by atoms with van der Waals surface area (Å²) < 4.78 is 10.4. The first-order valence-corrected chi connectivity index (χ1v) is 6.61. The number of rotatable bonds is 8. The number of benzene rings is 1. The van der Waals surface area contributed by atoms with E-state index < -0.39 is 0 Å². The first-order valence-electron chi connectivity index (χ1n) is 5.85. The molecule has 102 valence electrons. The Morgan fingerprint density at radius 1 is 1.28 bits per heavy atom. The lowest BCUT2D eigenvalue weighted by Gasteiger charge is -2.17. The van der Waals surface area contributed by atoms with Crippen molar-refractivity contribution in [1.29, 1.82) is 0 Å². The van der Waals surface area contributed by atoms with E-state index >= 15 is 0 Å².